The lowest BCUT2D eigenvalue weighted by Gasteiger charge is -2.13. The summed E-state index contributed by atoms with van der Waals surface area (Å²) in [5.74, 6) is 2.53. The average molecular weight is 341 g/mol. The third-order valence-electron chi connectivity index (χ3n) is 4.15. The molecule has 0 bridgehead atoms. The largest absolute Gasteiger partial charge is 0.494 e. The molecule has 2 aromatic rings. The minimum atomic E-state index is 0.250. The minimum absolute atomic E-state index is 0.250. The Morgan fingerprint density at radius 1 is 0.880 bits per heavy atom. The van der Waals surface area contributed by atoms with Crippen molar-refractivity contribution in [3.63, 3.8) is 0 Å². The molecule has 3 nitrogen and oxygen atoms in total. The Morgan fingerprint density at radius 2 is 1.52 bits per heavy atom. The summed E-state index contributed by atoms with van der Waals surface area (Å²) in [7, 11) is 0. The molecule has 0 heterocycles. The quantitative estimate of drug-likeness (QED) is 0.583. The summed E-state index contributed by atoms with van der Waals surface area (Å²) in [5.41, 5.74) is 2.32. The van der Waals surface area contributed by atoms with Crippen molar-refractivity contribution in [2.45, 2.75) is 53.2 Å². The van der Waals surface area contributed by atoms with Crippen LogP contribution in [0, 0.1) is 5.92 Å². The summed E-state index contributed by atoms with van der Waals surface area (Å²) in [6.45, 7) is 10.2. The van der Waals surface area contributed by atoms with Gasteiger partial charge in [0, 0.05) is 12.2 Å². The lowest BCUT2D eigenvalue weighted by atomic mass is 10.1. The minimum Gasteiger partial charge on any atom is -0.494 e. The highest BCUT2D eigenvalue weighted by Gasteiger charge is 2.02. The molecule has 0 fully saturated rings. The summed E-state index contributed by atoms with van der Waals surface area (Å²) < 4.78 is 11.6. The van der Waals surface area contributed by atoms with Gasteiger partial charge in [0.15, 0.2) is 0 Å². The molecule has 2 aromatic carbocycles. The molecule has 0 aliphatic carbocycles. The highest BCUT2D eigenvalue weighted by atomic mass is 16.5. The van der Waals surface area contributed by atoms with Crippen molar-refractivity contribution < 1.29 is 9.47 Å². The van der Waals surface area contributed by atoms with Crippen molar-refractivity contribution in [2.24, 2.45) is 5.92 Å². The van der Waals surface area contributed by atoms with E-state index in [0.29, 0.717) is 5.92 Å². The molecule has 0 aliphatic rings. The summed E-state index contributed by atoms with van der Waals surface area (Å²) in [5, 5.41) is 3.44. The Morgan fingerprint density at radius 3 is 2.12 bits per heavy atom. The van der Waals surface area contributed by atoms with Crippen LogP contribution in [0.15, 0.2) is 48.5 Å². The molecule has 25 heavy (non-hydrogen) atoms. The zero-order chi connectivity index (χ0) is 18.1. The molecular weight excluding hydrogens is 310 g/mol. The maximum Gasteiger partial charge on any atom is 0.119 e. The van der Waals surface area contributed by atoms with E-state index in [0.717, 1.165) is 43.2 Å². The van der Waals surface area contributed by atoms with Gasteiger partial charge in [-0.1, -0.05) is 32.9 Å². The van der Waals surface area contributed by atoms with E-state index in [1.165, 1.54) is 5.56 Å². The highest BCUT2D eigenvalue weighted by Crippen LogP contribution is 2.19. The number of rotatable bonds is 10. The summed E-state index contributed by atoms with van der Waals surface area (Å²) in [4.78, 5) is 0. The standard InChI is InChI=1S/C22H31NO2/c1-5-18(4)25-22-12-8-20(9-13-22)23-16-19-6-10-21(11-7-19)24-15-14-17(2)3/h6-13,17-18,23H,5,14-16H2,1-4H3. The second-order valence-electron chi connectivity index (χ2n) is 6.89. The van der Waals surface area contributed by atoms with Crippen LogP contribution in [0.2, 0.25) is 0 Å². The maximum atomic E-state index is 5.80. The summed E-state index contributed by atoms with van der Waals surface area (Å²) in [6, 6.07) is 16.4. The van der Waals surface area contributed by atoms with Gasteiger partial charge in [-0.25, -0.2) is 0 Å². The molecule has 1 atom stereocenters. The Hall–Kier alpha value is -2.16. The Balaban J connectivity index is 1.78. The van der Waals surface area contributed by atoms with E-state index in [-0.39, 0.29) is 6.10 Å². The van der Waals surface area contributed by atoms with Gasteiger partial charge >= 0.3 is 0 Å². The molecule has 136 valence electrons. The monoisotopic (exact) mass is 341 g/mol. The summed E-state index contributed by atoms with van der Waals surface area (Å²) >= 11 is 0. The zero-order valence-electron chi connectivity index (χ0n) is 15.9. The van der Waals surface area contributed by atoms with Crippen LogP contribution in [0.3, 0.4) is 0 Å². The second kappa shape index (κ2) is 9.97. The van der Waals surface area contributed by atoms with Crippen LogP contribution in [0.1, 0.15) is 46.1 Å². The Labute approximate surface area is 152 Å². The van der Waals surface area contributed by atoms with Crippen molar-refractivity contribution in [3.8, 4) is 11.5 Å². The van der Waals surface area contributed by atoms with Gasteiger partial charge in [0.25, 0.3) is 0 Å². The van der Waals surface area contributed by atoms with Crippen LogP contribution in [-0.2, 0) is 6.54 Å². The molecule has 0 saturated carbocycles. The molecule has 0 aliphatic heterocycles. The predicted octanol–water partition coefficient (Wildman–Crippen LogP) is 5.90. The zero-order valence-corrected chi connectivity index (χ0v) is 15.9. The molecule has 0 aromatic heterocycles. The van der Waals surface area contributed by atoms with Crippen LogP contribution in [0.5, 0.6) is 11.5 Å². The van der Waals surface area contributed by atoms with E-state index in [2.05, 4.69) is 57.3 Å². The molecular formula is C22H31NO2. The number of hydrogen-bond acceptors (Lipinski definition) is 3. The Bertz CT molecular complexity index is 605. The Kier molecular flexibility index (Phi) is 7.65. The van der Waals surface area contributed by atoms with Gasteiger partial charge in [0.05, 0.1) is 12.7 Å². The SMILES string of the molecule is CCC(C)Oc1ccc(NCc2ccc(OCCC(C)C)cc2)cc1. The lowest BCUT2D eigenvalue weighted by molar-refractivity contribution is 0.217. The van der Waals surface area contributed by atoms with Crippen LogP contribution >= 0.6 is 0 Å². The molecule has 2 rings (SSSR count). The molecule has 1 N–H and O–H groups in total. The van der Waals surface area contributed by atoms with E-state index in [1.807, 2.05) is 24.3 Å². The summed E-state index contributed by atoms with van der Waals surface area (Å²) in [6.07, 6.45) is 2.34. The van der Waals surface area contributed by atoms with Gasteiger partial charge in [-0.05, 0) is 67.6 Å². The molecule has 0 radical (unpaired) electrons. The first-order valence-corrected chi connectivity index (χ1v) is 9.29. The van der Waals surface area contributed by atoms with Gasteiger partial charge in [0.1, 0.15) is 11.5 Å². The van der Waals surface area contributed by atoms with E-state index in [4.69, 9.17) is 9.47 Å². The van der Waals surface area contributed by atoms with Crippen LogP contribution in [0.4, 0.5) is 5.69 Å². The highest BCUT2D eigenvalue weighted by molar-refractivity contribution is 5.47. The molecule has 0 spiro atoms. The fourth-order valence-electron chi connectivity index (χ4n) is 2.29. The second-order valence-corrected chi connectivity index (χ2v) is 6.89. The normalized spacial score (nSPS) is 12.0. The van der Waals surface area contributed by atoms with Crippen molar-refractivity contribution in [1.82, 2.24) is 0 Å². The third kappa shape index (κ3) is 7.08. The molecule has 1 unspecified atom stereocenters. The number of nitrogens with one attached hydrogen (secondary N) is 1. The van der Waals surface area contributed by atoms with E-state index in [1.54, 1.807) is 0 Å². The van der Waals surface area contributed by atoms with Gasteiger partial charge in [-0.3, -0.25) is 0 Å². The fraction of sp³-hybridized carbons (Fsp3) is 0.455. The molecule has 0 saturated heterocycles. The smallest absolute Gasteiger partial charge is 0.119 e. The first kappa shape index (κ1) is 19.2. The van der Waals surface area contributed by atoms with Crippen molar-refractivity contribution in [1.29, 1.82) is 0 Å². The van der Waals surface area contributed by atoms with Crippen molar-refractivity contribution in [2.75, 3.05) is 11.9 Å². The third-order valence-corrected chi connectivity index (χ3v) is 4.15. The first-order valence-electron chi connectivity index (χ1n) is 9.29. The molecule has 3 heteroatoms. The van der Waals surface area contributed by atoms with Crippen LogP contribution < -0.4 is 14.8 Å². The topological polar surface area (TPSA) is 30.5 Å². The van der Waals surface area contributed by atoms with E-state index in [9.17, 15) is 0 Å². The van der Waals surface area contributed by atoms with E-state index >= 15 is 0 Å². The number of hydrogen-bond donors (Lipinski definition) is 1. The van der Waals surface area contributed by atoms with Gasteiger partial charge in [-0.2, -0.15) is 0 Å². The molecule has 0 amide bonds. The predicted molar refractivity (Wildman–Crippen MR) is 106 cm³/mol. The first-order chi connectivity index (χ1) is 12.1. The van der Waals surface area contributed by atoms with Crippen LogP contribution in [-0.4, -0.2) is 12.7 Å². The van der Waals surface area contributed by atoms with Gasteiger partial charge < -0.3 is 14.8 Å². The number of benzene rings is 2. The van der Waals surface area contributed by atoms with Crippen LogP contribution in [0.25, 0.3) is 0 Å². The van der Waals surface area contributed by atoms with E-state index < -0.39 is 0 Å². The number of ether oxygens (including phenoxy) is 2. The van der Waals surface area contributed by atoms with Gasteiger partial charge in [-0.15, -0.1) is 0 Å². The fourth-order valence-corrected chi connectivity index (χ4v) is 2.29. The number of anilines is 1. The maximum absolute atomic E-state index is 5.80. The average Bonchev–Trinajstić information content (AvgIpc) is 2.62. The van der Waals surface area contributed by atoms with Crippen molar-refractivity contribution in [3.05, 3.63) is 54.1 Å². The lowest BCUT2D eigenvalue weighted by Crippen LogP contribution is -2.09. The van der Waals surface area contributed by atoms with Crippen molar-refractivity contribution >= 4 is 5.69 Å². The van der Waals surface area contributed by atoms with Gasteiger partial charge in [0.2, 0.25) is 0 Å².